The van der Waals surface area contributed by atoms with Crippen LogP contribution in [0.1, 0.15) is 6.92 Å². The minimum absolute atomic E-state index is 0.683. The number of hydrogen-bond acceptors (Lipinski definition) is 1. The molecule has 2 heteroatoms. The van der Waals surface area contributed by atoms with Gasteiger partial charge in [0.05, 0.1) is 5.16 Å². The first-order valence-electron chi connectivity index (χ1n) is 2.79. The van der Waals surface area contributed by atoms with Gasteiger partial charge < -0.3 is 4.90 Å². The van der Waals surface area contributed by atoms with Crippen molar-refractivity contribution < 1.29 is 0 Å². The third-order valence-electron chi connectivity index (χ3n) is 1.41. The first-order chi connectivity index (χ1) is 3.70. The monoisotopic (exact) mass is 131 g/mol. The largest absolute Gasteiger partial charge is 0.362 e. The van der Waals surface area contributed by atoms with Gasteiger partial charge >= 0.3 is 0 Å². The average Bonchev–Trinajstić information content (AvgIpc) is 1.57. The molecular weight excluding hydrogens is 122 g/mol. The fourth-order valence-corrected chi connectivity index (χ4v) is 1.04. The maximum absolute atomic E-state index is 5.58. The van der Waals surface area contributed by atoms with E-state index in [9.17, 15) is 0 Å². The Hall–Kier alpha value is -0.170. The summed E-state index contributed by atoms with van der Waals surface area (Å²) in [7, 11) is 0. The van der Waals surface area contributed by atoms with E-state index in [-0.39, 0.29) is 0 Å². The molecule has 0 atom stereocenters. The molecule has 0 N–H and O–H groups in total. The van der Waals surface area contributed by atoms with Crippen LogP contribution in [0.2, 0.25) is 0 Å². The summed E-state index contributed by atoms with van der Waals surface area (Å²) in [5.41, 5.74) is 0. The highest BCUT2D eigenvalue weighted by atomic mass is 35.5. The van der Waals surface area contributed by atoms with Crippen LogP contribution < -0.4 is 0 Å². The van der Waals surface area contributed by atoms with E-state index in [2.05, 4.69) is 18.4 Å². The molecule has 1 rings (SSSR count). The van der Waals surface area contributed by atoms with Crippen molar-refractivity contribution in [3.63, 3.8) is 0 Å². The zero-order valence-electron chi connectivity index (χ0n) is 5.02. The van der Waals surface area contributed by atoms with Gasteiger partial charge in [-0.15, -0.1) is 0 Å². The fourth-order valence-electron chi connectivity index (χ4n) is 0.897. The molecule has 46 valence electrons. The molecule has 0 spiro atoms. The summed E-state index contributed by atoms with van der Waals surface area (Å²) in [5, 5.41) is 0.683. The van der Waals surface area contributed by atoms with Gasteiger partial charge in [0.2, 0.25) is 0 Å². The third kappa shape index (κ3) is 0.972. The van der Waals surface area contributed by atoms with Gasteiger partial charge in [-0.2, -0.15) is 0 Å². The van der Waals surface area contributed by atoms with Gasteiger partial charge in [0.1, 0.15) is 0 Å². The van der Waals surface area contributed by atoms with Crippen molar-refractivity contribution in [2.24, 2.45) is 5.92 Å². The van der Waals surface area contributed by atoms with Crippen molar-refractivity contribution in [3.8, 4) is 0 Å². The van der Waals surface area contributed by atoms with Gasteiger partial charge in [-0.3, -0.25) is 0 Å². The quantitative estimate of drug-likeness (QED) is 0.489. The lowest BCUT2D eigenvalue weighted by Gasteiger charge is -2.37. The molecule has 0 bridgehead atoms. The smallest absolute Gasteiger partial charge is 0.0971 e. The lowest BCUT2D eigenvalue weighted by Crippen LogP contribution is -2.42. The number of hydrogen-bond donors (Lipinski definition) is 0. The van der Waals surface area contributed by atoms with Crippen LogP contribution in [0.4, 0.5) is 0 Å². The number of halogens is 1. The van der Waals surface area contributed by atoms with Gasteiger partial charge in [-0.05, 0) is 5.92 Å². The van der Waals surface area contributed by atoms with Crippen LogP contribution in [0.25, 0.3) is 0 Å². The number of rotatable bonds is 1. The second-order valence-corrected chi connectivity index (χ2v) is 2.82. The molecule has 0 amide bonds. The van der Waals surface area contributed by atoms with E-state index in [0.29, 0.717) is 5.16 Å². The molecule has 0 aromatic rings. The van der Waals surface area contributed by atoms with Crippen LogP contribution in [-0.4, -0.2) is 18.0 Å². The summed E-state index contributed by atoms with van der Waals surface area (Å²) < 4.78 is 0. The molecule has 1 aliphatic heterocycles. The molecule has 0 saturated carbocycles. The minimum atomic E-state index is 0.683. The number of nitrogens with zero attached hydrogens (tertiary/aromatic N) is 1. The summed E-state index contributed by atoms with van der Waals surface area (Å²) in [6, 6.07) is 0. The summed E-state index contributed by atoms with van der Waals surface area (Å²) in [5.74, 6) is 0.811. The Bertz CT molecular complexity index is 105. The van der Waals surface area contributed by atoms with Crippen LogP contribution in [0.5, 0.6) is 0 Å². The van der Waals surface area contributed by atoms with E-state index in [4.69, 9.17) is 11.6 Å². The van der Waals surface area contributed by atoms with Crippen LogP contribution in [0.15, 0.2) is 11.7 Å². The molecule has 0 unspecified atom stereocenters. The normalized spacial score (nSPS) is 20.5. The second-order valence-electron chi connectivity index (χ2n) is 2.39. The van der Waals surface area contributed by atoms with Gasteiger partial charge in [-0.25, -0.2) is 0 Å². The van der Waals surface area contributed by atoms with Crippen LogP contribution in [0, 0.1) is 5.92 Å². The Morgan fingerprint density at radius 2 is 2.25 bits per heavy atom. The predicted molar refractivity (Wildman–Crippen MR) is 35.7 cm³/mol. The van der Waals surface area contributed by atoms with Crippen LogP contribution in [0.3, 0.4) is 0 Å². The Morgan fingerprint density at radius 3 is 2.38 bits per heavy atom. The number of likely N-dealkylation sites (tertiary alicyclic amines) is 1. The maximum Gasteiger partial charge on any atom is 0.0971 e. The maximum atomic E-state index is 5.58. The highest BCUT2D eigenvalue weighted by molar-refractivity contribution is 6.28. The molecule has 0 aromatic heterocycles. The van der Waals surface area contributed by atoms with Crippen molar-refractivity contribution in [2.75, 3.05) is 13.1 Å². The highest BCUT2D eigenvalue weighted by Crippen LogP contribution is 2.20. The molecule has 1 saturated heterocycles. The van der Waals surface area contributed by atoms with Crippen molar-refractivity contribution in [3.05, 3.63) is 11.7 Å². The van der Waals surface area contributed by atoms with E-state index in [0.717, 1.165) is 19.0 Å². The zero-order valence-corrected chi connectivity index (χ0v) is 5.78. The van der Waals surface area contributed by atoms with E-state index < -0.39 is 0 Å². The molecule has 0 radical (unpaired) electrons. The highest BCUT2D eigenvalue weighted by Gasteiger charge is 2.21. The predicted octanol–water partition coefficient (Wildman–Crippen LogP) is 1.65. The Balaban J connectivity index is 2.25. The Kier molecular flexibility index (Phi) is 1.47. The molecule has 0 aromatic carbocycles. The van der Waals surface area contributed by atoms with Gasteiger partial charge in [0.25, 0.3) is 0 Å². The molecule has 1 aliphatic rings. The van der Waals surface area contributed by atoms with E-state index in [1.54, 1.807) is 0 Å². The molecule has 1 fully saturated rings. The molecule has 8 heavy (non-hydrogen) atoms. The van der Waals surface area contributed by atoms with Gasteiger partial charge in [0.15, 0.2) is 0 Å². The topological polar surface area (TPSA) is 3.24 Å². The average molecular weight is 132 g/mol. The SMILES string of the molecule is C=C(Cl)N1CC(C)C1. The first-order valence-corrected chi connectivity index (χ1v) is 3.17. The van der Waals surface area contributed by atoms with Crippen molar-refractivity contribution >= 4 is 11.6 Å². The van der Waals surface area contributed by atoms with Crippen molar-refractivity contribution in [1.82, 2.24) is 4.90 Å². The van der Waals surface area contributed by atoms with E-state index >= 15 is 0 Å². The lowest BCUT2D eigenvalue weighted by atomic mass is 10.0. The van der Waals surface area contributed by atoms with Crippen LogP contribution >= 0.6 is 11.6 Å². The fraction of sp³-hybridized carbons (Fsp3) is 0.667. The summed E-state index contributed by atoms with van der Waals surface area (Å²) in [4.78, 5) is 2.06. The minimum Gasteiger partial charge on any atom is -0.362 e. The molecular formula is C6H10ClN. The third-order valence-corrected chi connectivity index (χ3v) is 1.65. The van der Waals surface area contributed by atoms with Crippen molar-refractivity contribution in [1.29, 1.82) is 0 Å². The van der Waals surface area contributed by atoms with Crippen LogP contribution in [-0.2, 0) is 0 Å². The zero-order chi connectivity index (χ0) is 6.15. The molecule has 1 nitrogen and oxygen atoms in total. The van der Waals surface area contributed by atoms with Gasteiger partial charge in [0, 0.05) is 13.1 Å². The van der Waals surface area contributed by atoms with E-state index in [1.165, 1.54) is 0 Å². The Labute approximate surface area is 54.9 Å². The van der Waals surface area contributed by atoms with E-state index in [1.807, 2.05) is 0 Å². The molecule has 0 aliphatic carbocycles. The van der Waals surface area contributed by atoms with Crippen molar-refractivity contribution in [2.45, 2.75) is 6.92 Å². The lowest BCUT2D eigenvalue weighted by molar-refractivity contribution is 0.170. The summed E-state index contributed by atoms with van der Waals surface area (Å²) in [6.07, 6.45) is 0. The first kappa shape index (κ1) is 5.96. The standard InChI is InChI=1S/C6H10ClN/c1-5-3-8(4-5)6(2)7/h5H,2-4H2,1H3. The second kappa shape index (κ2) is 1.98. The Morgan fingerprint density at radius 1 is 1.75 bits per heavy atom. The summed E-state index contributed by atoms with van der Waals surface area (Å²) >= 11 is 5.58. The molecule has 1 heterocycles. The summed E-state index contributed by atoms with van der Waals surface area (Å²) in [6.45, 7) is 7.98. The van der Waals surface area contributed by atoms with Gasteiger partial charge in [-0.1, -0.05) is 25.1 Å².